The summed E-state index contributed by atoms with van der Waals surface area (Å²) in [7, 11) is 3.35. The first-order valence-corrected chi connectivity index (χ1v) is 10.1. The molecular formula is C21H33N5O2. The summed E-state index contributed by atoms with van der Waals surface area (Å²) in [5, 5.41) is 9.09. The quantitative estimate of drug-likeness (QED) is 0.488. The van der Waals surface area contributed by atoms with Gasteiger partial charge in [0.05, 0.1) is 0 Å². The number of carbonyl (C=O) groups is 2. The summed E-state index contributed by atoms with van der Waals surface area (Å²) >= 11 is 0. The smallest absolute Gasteiger partial charge is 0.251 e. The number of aliphatic imine (C=N–C) groups is 1. The minimum absolute atomic E-state index is 0.0833. The Morgan fingerprint density at radius 3 is 2.75 bits per heavy atom. The number of carbonyl (C=O) groups excluding carboxylic acids is 2. The fourth-order valence-corrected chi connectivity index (χ4v) is 3.42. The van der Waals surface area contributed by atoms with E-state index in [2.05, 4.69) is 27.9 Å². The van der Waals surface area contributed by atoms with Crippen LogP contribution in [0.3, 0.4) is 0 Å². The molecule has 0 spiro atoms. The molecule has 0 bridgehead atoms. The van der Waals surface area contributed by atoms with Gasteiger partial charge in [0.15, 0.2) is 5.96 Å². The van der Waals surface area contributed by atoms with E-state index in [4.69, 9.17) is 0 Å². The Morgan fingerprint density at radius 2 is 2.04 bits per heavy atom. The summed E-state index contributed by atoms with van der Waals surface area (Å²) < 4.78 is 0. The van der Waals surface area contributed by atoms with Gasteiger partial charge in [-0.3, -0.25) is 14.6 Å². The summed E-state index contributed by atoms with van der Waals surface area (Å²) in [6.07, 6.45) is 3.56. The van der Waals surface area contributed by atoms with E-state index in [9.17, 15) is 9.59 Å². The Hall–Kier alpha value is -2.57. The Bertz CT molecular complexity index is 689. The summed E-state index contributed by atoms with van der Waals surface area (Å²) in [6, 6.07) is 7.59. The fourth-order valence-electron chi connectivity index (χ4n) is 3.42. The molecule has 0 aromatic heterocycles. The van der Waals surface area contributed by atoms with Crippen molar-refractivity contribution in [3.8, 4) is 0 Å². The molecular weight excluding hydrogens is 354 g/mol. The van der Waals surface area contributed by atoms with Crippen LogP contribution in [0, 0.1) is 5.92 Å². The van der Waals surface area contributed by atoms with Gasteiger partial charge < -0.3 is 20.9 Å². The van der Waals surface area contributed by atoms with Gasteiger partial charge in [0.1, 0.15) is 0 Å². The van der Waals surface area contributed by atoms with Crippen LogP contribution in [-0.2, 0) is 11.2 Å². The number of hydrogen-bond donors (Lipinski definition) is 3. The van der Waals surface area contributed by atoms with Gasteiger partial charge in [-0.25, -0.2) is 0 Å². The molecule has 1 atom stereocenters. The highest BCUT2D eigenvalue weighted by Gasteiger charge is 2.20. The summed E-state index contributed by atoms with van der Waals surface area (Å²) in [6.45, 7) is 5.21. The zero-order chi connectivity index (χ0) is 20.4. The van der Waals surface area contributed by atoms with Gasteiger partial charge in [-0.05, 0) is 42.9 Å². The van der Waals surface area contributed by atoms with E-state index in [1.807, 2.05) is 23.1 Å². The van der Waals surface area contributed by atoms with Gasteiger partial charge in [0, 0.05) is 52.3 Å². The van der Waals surface area contributed by atoms with E-state index in [-0.39, 0.29) is 11.8 Å². The van der Waals surface area contributed by atoms with Crippen LogP contribution < -0.4 is 16.0 Å². The molecule has 0 radical (unpaired) electrons. The average molecular weight is 388 g/mol. The second kappa shape index (κ2) is 11.3. The standard InChI is InChI=1S/C21H33N5O2/c1-16-6-5-13-26(15-16)19(27)10-12-25-21(23-3)24-11-9-17-7-4-8-18(14-17)20(28)22-2/h4,7-8,14,16H,5-6,9-13,15H2,1-3H3,(H,22,28)(H2,23,24,25). The largest absolute Gasteiger partial charge is 0.356 e. The minimum atomic E-state index is -0.0833. The Kier molecular flexibility index (Phi) is 8.78. The van der Waals surface area contributed by atoms with Crippen LogP contribution in [0.15, 0.2) is 29.3 Å². The van der Waals surface area contributed by atoms with E-state index in [1.54, 1.807) is 20.2 Å². The lowest BCUT2D eigenvalue weighted by atomic mass is 10.00. The van der Waals surface area contributed by atoms with Crippen molar-refractivity contribution in [2.45, 2.75) is 32.6 Å². The number of piperidine rings is 1. The zero-order valence-corrected chi connectivity index (χ0v) is 17.3. The third-order valence-corrected chi connectivity index (χ3v) is 4.99. The number of likely N-dealkylation sites (tertiary alicyclic amines) is 1. The van der Waals surface area contributed by atoms with Gasteiger partial charge in [-0.2, -0.15) is 0 Å². The van der Waals surface area contributed by atoms with Gasteiger partial charge in [0.2, 0.25) is 5.91 Å². The lowest BCUT2D eigenvalue weighted by Crippen LogP contribution is -2.42. The van der Waals surface area contributed by atoms with Crippen LogP contribution in [-0.4, -0.2) is 62.9 Å². The van der Waals surface area contributed by atoms with E-state index >= 15 is 0 Å². The summed E-state index contributed by atoms with van der Waals surface area (Å²) in [5.41, 5.74) is 1.74. The average Bonchev–Trinajstić information content (AvgIpc) is 2.72. The van der Waals surface area contributed by atoms with E-state index < -0.39 is 0 Å². The molecule has 1 aromatic rings. The minimum Gasteiger partial charge on any atom is -0.356 e. The second-order valence-electron chi connectivity index (χ2n) is 7.29. The van der Waals surface area contributed by atoms with Crippen molar-refractivity contribution in [1.29, 1.82) is 0 Å². The van der Waals surface area contributed by atoms with Crippen LogP contribution in [0.5, 0.6) is 0 Å². The van der Waals surface area contributed by atoms with Crippen LogP contribution >= 0.6 is 0 Å². The first kappa shape index (κ1) is 21.7. The Labute approximate surface area is 168 Å². The first-order chi connectivity index (χ1) is 13.5. The molecule has 1 aliphatic heterocycles. The van der Waals surface area contributed by atoms with Crippen LogP contribution in [0.25, 0.3) is 0 Å². The van der Waals surface area contributed by atoms with Crippen molar-refractivity contribution in [3.05, 3.63) is 35.4 Å². The fraction of sp³-hybridized carbons (Fsp3) is 0.571. The molecule has 0 saturated carbocycles. The van der Waals surface area contributed by atoms with Gasteiger partial charge in [-0.15, -0.1) is 0 Å². The normalized spacial score (nSPS) is 17.2. The predicted octanol–water partition coefficient (Wildman–Crippen LogP) is 1.40. The number of hydrogen-bond acceptors (Lipinski definition) is 3. The molecule has 1 saturated heterocycles. The summed E-state index contributed by atoms with van der Waals surface area (Å²) in [5.74, 6) is 1.41. The molecule has 1 aromatic carbocycles. The molecule has 0 aliphatic carbocycles. The predicted molar refractivity (Wildman–Crippen MR) is 112 cm³/mol. The maximum atomic E-state index is 12.3. The SMILES string of the molecule is CN=C(NCCC(=O)N1CCCC(C)C1)NCCc1cccc(C(=O)NC)c1. The number of benzene rings is 1. The molecule has 2 amide bonds. The van der Waals surface area contributed by atoms with Crippen molar-refractivity contribution >= 4 is 17.8 Å². The van der Waals surface area contributed by atoms with Crippen molar-refractivity contribution in [3.63, 3.8) is 0 Å². The van der Waals surface area contributed by atoms with Crippen molar-refractivity contribution in [2.75, 3.05) is 40.3 Å². The van der Waals surface area contributed by atoms with E-state index in [0.29, 0.717) is 37.0 Å². The van der Waals surface area contributed by atoms with Crippen LogP contribution in [0.2, 0.25) is 0 Å². The second-order valence-corrected chi connectivity index (χ2v) is 7.29. The highest BCUT2D eigenvalue weighted by atomic mass is 16.2. The molecule has 1 heterocycles. The highest BCUT2D eigenvalue weighted by molar-refractivity contribution is 5.94. The molecule has 1 fully saturated rings. The van der Waals surface area contributed by atoms with Gasteiger partial charge in [0.25, 0.3) is 5.91 Å². The lowest BCUT2D eigenvalue weighted by molar-refractivity contribution is -0.132. The number of guanidine groups is 1. The molecule has 3 N–H and O–H groups in total. The molecule has 7 heteroatoms. The first-order valence-electron chi connectivity index (χ1n) is 10.1. The molecule has 2 rings (SSSR count). The molecule has 28 heavy (non-hydrogen) atoms. The monoisotopic (exact) mass is 387 g/mol. The third-order valence-electron chi connectivity index (χ3n) is 4.99. The number of amides is 2. The van der Waals surface area contributed by atoms with Crippen molar-refractivity contribution in [2.24, 2.45) is 10.9 Å². The summed E-state index contributed by atoms with van der Waals surface area (Å²) in [4.78, 5) is 30.2. The lowest BCUT2D eigenvalue weighted by Gasteiger charge is -2.31. The maximum absolute atomic E-state index is 12.3. The third kappa shape index (κ3) is 6.87. The molecule has 1 aliphatic rings. The number of rotatable bonds is 7. The van der Waals surface area contributed by atoms with E-state index in [1.165, 1.54) is 6.42 Å². The molecule has 1 unspecified atom stereocenters. The van der Waals surface area contributed by atoms with Crippen LogP contribution in [0.4, 0.5) is 0 Å². The number of nitrogens with one attached hydrogen (secondary N) is 3. The molecule has 7 nitrogen and oxygen atoms in total. The van der Waals surface area contributed by atoms with Crippen molar-refractivity contribution in [1.82, 2.24) is 20.9 Å². The van der Waals surface area contributed by atoms with Crippen LogP contribution in [0.1, 0.15) is 42.1 Å². The Morgan fingerprint density at radius 1 is 1.25 bits per heavy atom. The van der Waals surface area contributed by atoms with Gasteiger partial charge in [-0.1, -0.05) is 19.1 Å². The molecule has 154 valence electrons. The van der Waals surface area contributed by atoms with E-state index in [0.717, 1.165) is 31.5 Å². The topological polar surface area (TPSA) is 85.8 Å². The maximum Gasteiger partial charge on any atom is 0.251 e. The van der Waals surface area contributed by atoms with Crippen molar-refractivity contribution < 1.29 is 9.59 Å². The van der Waals surface area contributed by atoms with Gasteiger partial charge >= 0.3 is 0 Å². The Balaban J connectivity index is 1.70. The zero-order valence-electron chi connectivity index (χ0n) is 17.3. The number of nitrogens with zero attached hydrogens (tertiary/aromatic N) is 2. The highest BCUT2D eigenvalue weighted by Crippen LogP contribution is 2.15.